The minimum absolute atomic E-state index is 0.218. The van der Waals surface area contributed by atoms with E-state index in [1.165, 1.54) is 15.9 Å². The summed E-state index contributed by atoms with van der Waals surface area (Å²) in [6.07, 6.45) is 7.18. The Bertz CT molecular complexity index is 1820. The molecule has 9 heteroatoms. The molecule has 182 valence electrons. The Morgan fingerprint density at radius 1 is 1.05 bits per heavy atom. The monoisotopic (exact) mass is 506 g/mol. The van der Waals surface area contributed by atoms with Crippen LogP contribution in [0, 0.1) is 6.92 Å². The number of hydrogen-bond acceptors (Lipinski definition) is 7. The fourth-order valence-electron chi connectivity index (χ4n) is 4.17. The first-order valence-electron chi connectivity index (χ1n) is 11.8. The lowest BCUT2D eigenvalue weighted by atomic mass is 10.0. The summed E-state index contributed by atoms with van der Waals surface area (Å²) < 4.78 is 9.38. The van der Waals surface area contributed by atoms with Gasteiger partial charge in [0, 0.05) is 35.3 Å². The molecule has 0 N–H and O–H groups in total. The van der Waals surface area contributed by atoms with Crippen molar-refractivity contribution < 1.29 is 4.74 Å². The molecule has 0 amide bonds. The molecule has 0 atom stereocenters. The number of rotatable bonds is 6. The number of aromatic nitrogens is 6. The molecule has 0 aliphatic rings. The van der Waals surface area contributed by atoms with Gasteiger partial charge in [0.1, 0.15) is 11.4 Å². The molecule has 6 aromatic rings. The van der Waals surface area contributed by atoms with Gasteiger partial charge >= 0.3 is 0 Å². The Morgan fingerprint density at radius 2 is 1.92 bits per heavy atom. The predicted octanol–water partition coefficient (Wildman–Crippen LogP) is 4.32. The van der Waals surface area contributed by atoms with E-state index in [4.69, 9.17) is 9.84 Å². The van der Waals surface area contributed by atoms with Crippen LogP contribution in [0.25, 0.3) is 39.4 Å². The summed E-state index contributed by atoms with van der Waals surface area (Å²) in [6, 6.07) is 19.5. The summed E-state index contributed by atoms with van der Waals surface area (Å²) in [5, 5.41) is 9.34. The van der Waals surface area contributed by atoms with Crippen LogP contribution in [0.1, 0.15) is 18.1 Å². The Kier molecular flexibility index (Phi) is 5.82. The molecule has 37 heavy (non-hydrogen) atoms. The van der Waals surface area contributed by atoms with E-state index in [1.54, 1.807) is 12.4 Å². The van der Waals surface area contributed by atoms with E-state index in [0.29, 0.717) is 21.9 Å². The molecule has 6 rings (SSSR count). The van der Waals surface area contributed by atoms with Gasteiger partial charge in [0.25, 0.3) is 5.56 Å². The van der Waals surface area contributed by atoms with E-state index in [0.717, 1.165) is 39.4 Å². The van der Waals surface area contributed by atoms with Gasteiger partial charge in [0.15, 0.2) is 5.82 Å². The minimum Gasteiger partial charge on any atom is -0.494 e. The van der Waals surface area contributed by atoms with Gasteiger partial charge in [-0.15, -0.1) is 5.10 Å². The second-order valence-electron chi connectivity index (χ2n) is 8.41. The zero-order valence-electron chi connectivity index (χ0n) is 20.2. The number of benzene rings is 2. The maximum absolute atomic E-state index is 13.3. The second kappa shape index (κ2) is 9.44. The maximum atomic E-state index is 13.3. The first-order chi connectivity index (χ1) is 18.1. The third-order valence-electron chi connectivity index (χ3n) is 5.92. The highest BCUT2D eigenvalue weighted by Crippen LogP contribution is 2.30. The number of para-hydroxylation sites is 1. The molecule has 4 heterocycles. The third kappa shape index (κ3) is 4.30. The van der Waals surface area contributed by atoms with Gasteiger partial charge in [-0.1, -0.05) is 29.5 Å². The van der Waals surface area contributed by atoms with Gasteiger partial charge in [-0.05, 0) is 68.0 Å². The number of fused-ring (bicyclic) bond motifs is 1. The highest BCUT2D eigenvalue weighted by atomic mass is 32.1. The van der Waals surface area contributed by atoms with Crippen LogP contribution in [0.15, 0.2) is 84.0 Å². The predicted molar refractivity (Wildman–Crippen MR) is 144 cm³/mol. The van der Waals surface area contributed by atoms with Crippen LogP contribution in [-0.4, -0.2) is 36.0 Å². The van der Waals surface area contributed by atoms with Crippen molar-refractivity contribution in [3.63, 3.8) is 0 Å². The molecule has 0 saturated heterocycles. The number of ether oxygens (including phenoxy) is 1. The third-order valence-corrected chi connectivity index (χ3v) is 6.87. The zero-order chi connectivity index (χ0) is 25.4. The Balaban J connectivity index is 1.49. The van der Waals surface area contributed by atoms with Crippen molar-refractivity contribution in [2.45, 2.75) is 13.8 Å². The fraction of sp³-hybridized carbons (Fsp3) is 0.107. The lowest BCUT2D eigenvalue weighted by Gasteiger charge is -2.08. The van der Waals surface area contributed by atoms with Crippen LogP contribution in [0.4, 0.5) is 0 Å². The normalized spacial score (nSPS) is 11.9. The summed E-state index contributed by atoms with van der Waals surface area (Å²) in [5.74, 6) is 1.29. The van der Waals surface area contributed by atoms with E-state index in [2.05, 4.69) is 15.1 Å². The van der Waals surface area contributed by atoms with E-state index < -0.39 is 0 Å². The highest BCUT2D eigenvalue weighted by Gasteiger charge is 2.16. The molecule has 0 aliphatic carbocycles. The van der Waals surface area contributed by atoms with Gasteiger partial charge in [0.05, 0.1) is 16.8 Å². The van der Waals surface area contributed by atoms with Gasteiger partial charge in [-0.3, -0.25) is 9.78 Å². The Morgan fingerprint density at radius 3 is 2.65 bits per heavy atom. The molecule has 0 bridgehead atoms. The Hall–Kier alpha value is -4.63. The van der Waals surface area contributed by atoms with Crippen LogP contribution >= 0.6 is 11.3 Å². The molecule has 0 fully saturated rings. The molecule has 0 radical (unpaired) electrons. The summed E-state index contributed by atoms with van der Waals surface area (Å²) in [4.78, 5) is 22.5. The number of thiazole rings is 1. The number of pyridine rings is 1. The van der Waals surface area contributed by atoms with Crippen molar-refractivity contribution in [1.82, 2.24) is 29.4 Å². The molecular weight excluding hydrogens is 484 g/mol. The molecule has 0 aliphatic heterocycles. The zero-order valence-corrected chi connectivity index (χ0v) is 21.0. The van der Waals surface area contributed by atoms with Crippen LogP contribution < -0.4 is 14.8 Å². The second-order valence-corrected chi connectivity index (χ2v) is 9.42. The average molecular weight is 507 g/mol. The number of aryl methyl sites for hydroxylation is 1. The van der Waals surface area contributed by atoms with Gasteiger partial charge in [-0.2, -0.15) is 14.6 Å². The topological polar surface area (TPSA) is 87.2 Å². The van der Waals surface area contributed by atoms with E-state index >= 15 is 0 Å². The summed E-state index contributed by atoms with van der Waals surface area (Å²) in [5.41, 5.74) is 5.08. The fourth-order valence-corrected chi connectivity index (χ4v) is 5.06. The first kappa shape index (κ1) is 22.8. The minimum atomic E-state index is -0.218. The van der Waals surface area contributed by atoms with E-state index in [-0.39, 0.29) is 5.56 Å². The smallest absolute Gasteiger partial charge is 0.291 e. The average Bonchev–Trinajstić information content (AvgIpc) is 3.61. The van der Waals surface area contributed by atoms with Crippen LogP contribution in [0.3, 0.4) is 0 Å². The SMILES string of the molecule is CCOc1ccc(-c2nn(-c3ccccc3)cc2C=c2sc3nc(-c4cccnc4)nn3c2=O)c(C)c1. The lowest BCUT2D eigenvalue weighted by Crippen LogP contribution is -2.23. The van der Waals surface area contributed by atoms with Crippen molar-refractivity contribution in [2.75, 3.05) is 6.61 Å². The number of nitrogens with zero attached hydrogens (tertiary/aromatic N) is 6. The molecule has 0 unspecified atom stereocenters. The van der Waals surface area contributed by atoms with Crippen molar-refractivity contribution in [3.05, 3.63) is 105 Å². The quantitative estimate of drug-likeness (QED) is 0.334. The summed E-state index contributed by atoms with van der Waals surface area (Å²) in [6.45, 7) is 4.60. The molecule has 8 nitrogen and oxygen atoms in total. The van der Waals surface area contributed by atoms with E-state index in [1.807, 2.05) is 91.5 Å². The standard InChI is InChI=1S/C28H22N6O2S/c1-3-36-22-11-12-23(18(2)14-22)25-20(17-33(31-25)21-9-5-4-6-10-21)15-24-27(35)34-28(37-24)30-26(32-34)19-8-7-13-29-16-19/h4-17H,3H2,1-2H3. The molecule has 0 spiro atoms. The summed E-state index contributed by atoms with van der Waals surface area (Å²) in [7, 11) is 0. The van der Waals surface area contributed by atoms with Crippen molar-refractivity contribution in [3.8, 4) is 34.1 Å². The van der Waals surface area contributed by atoms with Gasteiger partial charge < -0.3 is 4.74 Å². The molecular formula is C28H22N6O2S. The largest absolute Gasteiger partial charge is 0.494 e. The van der Waals surface area contributed by atoms with Crippen molar-refractivity contribution >= 4 is 22.4 Å². The molecule has 0 saturated carbocycles. The Labute approximate surface area is 216 Å². The van der Waals surface area contributed by atoms with Crippen LogP contribution in [0.2, 0.25) is 0 Å². The van der Waals surface area contributed by atoms with Crippen molar-refractivity contribution in [1.29, 1.82) is 0 Å². The maximum Gasteiger partial charge on any atom is 0.291 e. The molecule has 2 aromatic carbocycles. The van der Waals surface area contributed by atoms with Gasteiger partial charge in [-0.25, -0.2) is 4.68 Å². The molecule has 4 aromatic heterocycles. The first-order valence-corrected chi connectivity index (χ1v) is 12.6. The summed E-state index contributed by atoms with van der Waals surface area (Å²) >= 11 is 1.30. The number of hydrogen-bond donors (Lipinski definition) is 0. The van der Waals surface area contributed by atoms with Crippen LogP contribution in [-0.2, 0) is 0 Å². The lowest BCUT2D eigenvalue weighted by molar-refractivity contribution is 0.340. The highest BCUT2D eigenvalue weighted by molar-refractivity contribution is 7.15. The van der Waals surface area contributed by atoms with Crippen molar-refractivity contribution in [2.24, 2.45) is 0 Å². The van der Waals surface area contributed by atoms with Gasteiger partial charge in [0.2, 0.25) is 4.96 Å². The van der Waals surface area contributed by atoms with E-state index in [9.17, 15) is 4.79 Å². The van der Waals surface area contributed by atoms with Crippen LogP contribution in [0.5, 0.6) is 5.75 Å².